The van der Waals surface area contributed by atoms with Crippen LogP contribution >= 0.6 is 0 Å². The van der Waals surface area contributed by atoms with Crippen LogP contribution in [0.3, 0.4) is 0 Å². The van der Waals surface area contributed by atoms with Gasteiger partial charge < -0.3 is 20.5 Å². The molecule has 0 bridgehead atoms. The van der Waals surface area contributed by atoms with E-state index in [2.05, 4.69) is 15.4 Å². The third-order valence-electron chi connectivity index (χ3n) is 2.98. The SMILES string of the molecule is CC(O)CC(C)CNC(=O)NCc1ccccc1OC(F)F. The molecule has 124 valence electrons. The third kappa shape index (κ3) is 7.21. The summed E-state index contributed by atoms with van der Waals surface area (Å²) in [5.41, 5.74) is 0.468. The van der Waals surface area contributed by atoms with Crippen molar-refractivity contribution in [3.05, 3.63) is 29.8 Å². The first-order chi connectivity index (χ1) is 10.4. The fourth-order valence-corrected chi connectivity index (χ4v) is 2.03. The number of rotatable bonds is 8. The van der Waals surface area contributed by atoms with E-state index < -0.39 is 18.7 Å². The number of carbonyl (C=O) groups excluding carboxylic acids is 1. The van der Waals surface area contributed by atoms with Crippen molar-refractivity contribution in [3.63, 3.8) is 0 Å². The van der Waals surface area contributed by atoms with Crippen LogP contribution in [-0.4, -0.2) is 30.4 Å². The molecule has 1 aromatic rings. The number of alkyl halides is 2. The Hall–Kier alpha value is -1.89. The zero-order valence-corrected chi connectivity index (χ0v) is 12.7. The lowest BCUT2D eigenvalue weighted by molar-refractivity contribution is -0.0504. The molecular formula is C15H22F2N2O3. The summed E-state index contributed by atoms with van der Waals surface area (Å²) in [6.45, 7) is 1.21. The van der Waals surface area contributed by atoms with Gasteiger partial charge in [-0.2, -0.15) is 8.78 Å². The van der Waals surface area contributed by atoms with E-state index in [1.165, 1.54) is 6.07 Å². The van der Waals surface area contributed by atoms with Crippen molar-refractivity contribution < 1.29 is 23.4 Å². The minimum absolute atomic E-state index is 0.0419. The first-order valence-corrected chi connectivity index (χ1v) is 7.11. The molecule has 0 aliphatic rings. The number of carbonyl (C=O) groups is 1. The molecule has 3 N–H and O–H groups in total. The lowest BCUT2D eigenvalue weighted by atomic mass is 10.1. The number of ether oxygens (including phenoxy) is 1. The fourth-order valence-electron chi connectivity index (χ4n) is 2.03. The summed E-state index contributed by atoms with van der Waals surface area (Å²) in [4.78, 5) is 11.7. The third-order valence-corrected chi connectivity index (χ3v) is 2.98. The zero-order chi connectivity index (χ0) is 16.5. The number of urea groups is 1. The van der Waals surface area contributed by atoms with Crippen molar-refractivity contribution in [1.82, 2.24) is 10.6 Å². The van der Waals surface area contributed by atoms with Gasteiger partial charge in [0.2, 0.25) is 0 Å². The molecular weight excluding hydrogens is 294 g/mol. The van der Waals surface area contributed by atoms with E-state index >= 15 is 0 Å². The first kappa shape index (κ1) is 18.2. The van der Waals surface area contributed by atoms with Crippen LogP contribution in [0.4, 0.5) is 13.6 Å². The Morgan fingerprint density at radius 1 is 1.27 bits per heavy atom. The highest BCUT2D eigenvalue weighted by Crippen LogP contribution is 2.19. The summed E-state index contributed by atoms with van der Waals surface area (Å²) in [7, 11) is 0. The molecule has 0 aliphatic carbocycles. The predicted molar refractivity (Wildman–Crippen MR) is 78.8 cm³/mol. The Balaban J connectivity index is 2.41. The van der Waals surface area contributed by atoms with Crippen molar-refractivity contribution in [3.8, 4) is 5.75 Å². The highest BCUT2D eigenvalue weighted by atomic mass is 19.3. The molecule has 2 amide bonds. The van der Waals surface area contributed by atoms with Gasteiger partial charge in [0.25, 0.3) is 0 Å². The van der Waals surface area contributed by atoms with Gasteiger partial charge in [-0.25, -0.2) is 4.79 Å². The first-order valence-electron chi connectivity index (χ1n) is 7.11. The van der Waals surface area contributed by atoms with Crippen molar-refractivity contribution in [2.24, 2.45) is 5.92 Å². The van der Waals surface area contributed by atoms with Crippen molar-refractivity contribution in [2.45, 2.75) is 39.5 Å². The molecule has 0 heterocycles. The van der Waals surface area contributed by atoms with Gasteiger partial charge in [-0.1, -0.05) is 25.1 Å². The molecule has 0 aromatic heterocycles. The fraction of sp³-hybridized carbons (Fsp3) is 0.533. The molecule has 1 aromatic carbocycles. The topological polar surface area (TPSA) is 70.6 Å². The summed E-state index contributed by atoms with van der Waals surface area (Å²) in [6, 6.07) is 5.89. The van der Waals surface area contributed by atoms with E-state index in [-0.39, 0.29) is 18.2 Å². The summed E-state index contributed by atoms with van der Waals surface area (Å²) < 4.78 is 28.9. The second kappa shape index (κ2) is 9.19. The molecule has 1 rings (SSSR count). The van der Waals surface area contributed by atoms with Gasteiger partial charge in [-0.05, 0) is 25.3 Å². The Kier molecular flexibility index (Phi) is 7.59. The molecule has 7 heteroatoms. The second-order valence-electron chi connectivity index (χ2n) is 5.24. The molecule has 22 heavy (non-hydrogen) atoms. The molecule has 2 atom stereocenters. The lowest BCUT2D eigenvalue weighted by Gasteiger charge is -2.15. The van der Waals surface area contributed by atoms with E-state index in [0.29, 0.717) is 18.5 Å². The van der Waals surface area contributed by atoms with E-state index in [1.54, 1.807) is 25.1 Å². The van der Waals surface area contributed by atoms with Gasteiger partial charge >= 0.3 is 12.6 Å². The molecule has 0 saturated heterocycles. The molecule has 2 unspecified atom stereocenters. The Morgan fingerprint density at radius 2 is 1.95 bits per heavy atom. The number of hydrogen-bond donors (Lipinski definition) is 3. The highest BCUT2D eigenvalue weighted by Gasteiger charge is 2.11. The molecule has 5 nitrogen and oxygen atoms in total. The lowest BCUT2D eigenvalue weighted by Crippen LogP contribution is -2.38. The minimum Gasteiger partial charge on any atom is -0.434 e. The maximum atomic E-state index is 12.3. The van der Waals surface area contributed by atoms with Gasteiger partial charge in [0.05, 0.1) is 6.10 Å². The van der Waals surface area contributed by atoms with E-state index in [1.807, 2.05) is 6.92 Å². The average Bonchev–Trinajstić information content (AvgIpc) is 2.43. The number of benzene rings is 1. The molecule has 0 aliphatic heterocycles. The Bertz CT molecular complexity index is 470. The van der Waals surface area contributed by atoms with E-state index in [9.17, 15) is 18.7 Å². The summed E-state index contributed by atoms with van der Waals surface area (Å²) in [6.07, 6.45) is 0.170. The number of para-hydroxylation sites is 1. The highest BCUT2D eigenvalue weighted by molar-refractivity contribution is 5.73. The number of nitrogens with one attached hydrogen (secondary N) is 2. The molecule has 0 spiro atoms. The van der Waals surface area contributed by atoms with Gasteiger partial charge in [0, 0.05) is 18.7 Å². The number of aliphatic hydroxyl groups excluding tert-OH is 1. The van der Waals surface area contributed by atoms with Crippen LogP contribution in [0.15, 0.2) is 24.3 Å². The largest absolute Gasteiger partial charge is 0.434 e. The second-order valence-corrected chi connectivity index (χ2v) is 5.24. The van der Waals surface area contributed by atoms with Crippen LogP contribution in [0, 0.1) is 5.92 Å². The van der Waals surface area contributed by atoms with Crippen molar-refractivity contribution in [1.29, 1.82) is 0 Å². The Morgan fingerprint density at radius 3 is 2.59 bits per heavy atom. The zero-order valence-electron chi connectivity index (χ0n) is 12.7. The molecule has 0 radical (unpaired) electrons. The summed E-state index contributed by atoms with van der Waals surface area (Å²) >= 11 is 0. The van der Waals surface area contributed by atoms with Crippen molar-refractivity contribution >= 4 is 6.03 Å². The van der Waals surface area contributed by atoms with Gasteiger partial charge in [-0.3, -0.25) is 0 Å². The number of halogens is 2. The van der Waals surface area contributed by atoms with Crippen LogP contribution in [0.25, 0.3) is 0 Å². The van der Waals surface area contributed by atoms with Gasteiger partial charge in [-0.15, -0.1) is 0 Å². The monoisotopic (exact) mass is 316 g/mol. The molecule has 0 saturated carbocycles. The van der Waals surface area contributed by atoms with Crippen LogP contribution in [0.1, 0.15) is 25.8 Å². The smallest absolute Gasteiger partial charge is 0.387 e. The number of hydrogen-bond acceptors (Lipinski definition) is 3. The summed E-state index contributed by atoms with van der Waals surface area (Å²) in [5.74, 6) is 0.181. The standard InChI is InChI=1S/C15H22F2N2O3/c1-10(7-11(2)20)8-18-15(21)19-9-12-5-3-4-6-13(12)22-14(16)17/h3-6,10-11,14,20H,7-9H2,1-2H3,(H2,18,19,21). The van der Waals surface area contributed by atoms with Gasteiger partial charge in [0.15, 0.2) is 0 Å². The maximum absolute atomic E-state index is 12.3. The predicted octanol–water partition coefficient (Wildman–Crippen LogP) is 2.49. The number of amides is 2. The van der Waals surface area contributed by atoms with E-state index in [4.69, 9.17) is 0 Å². The van der Waals surface area contributed by atoms with Crippen LogP contribution in [0.2, 0.25) is 0 Å². The van der Waals surface area contributed by atoms with Gasteiger partial charge in [0.1, 0.15) is 5.75 Å². The average molecular weight is 316 g/mol. The normalized spacial score (nSPS) is 13.5. The van der Waals surface area contributed by atoms with Crippen LogP contribution in [0.5, 0.6) is 5.75 Å². The van der Waals surface area contributed by atoms with Crippen LogP contribution in [-0.2, 0) is 6.54 Å². The van der Waals surface area contributed by atoms with Crippen LogP contribution < -0.4 is 15.4 Å². The number of aliphatic hydroxyl groups is 1. The Labute approximate surface area is 128 Å². The summed E-state index contributed by atoms with van der Waals surface area (Å²) in [5, 5.41) is 14.5. The van der Waals surface area contributed by atoms with E-state index in [0.717, 1.165) is 0 Å². The molecule has 0 fully saturated rings. The quantitative estimate of drug-likeness (QED) is 0.690. The maximum Gasteiger partial charge on any atom is 0.387 e. The van der Waals surface area contributed by atoms with Crippen molar-refractivity contribution in [2.75, 3.05) is 6.54 Å². The minimum atomic E-state index is -2.91.